The van der Waals surface area contributed by atoms with Gasteiger partial charge in [0.05, 0.1) is 0 Å². The van der Waals surface area contributed by atoms with Gasteiger partial charge in [-0.3, -0.25) is 4.68 Å². The Bertz CT molecular complexity index is 257. The minimum absolute atomic E-state index is 0.908. The third-order valence-corrected chi connectivity index (χ3v) is 3.23. The zero-order valence-electron chi connectivity index (χ0n) is 6.98. The standard InChI is InChI=1S/C9H13N3/c1-2-11-12(3-1)6-9-7-4-10-5-8(7)9/h1-3,7-10H,4-6H2/t7-,8+,9+. The zero-order chi connectivity index (χ0) is 7.97. The molecule has 0 radical (unpaired) electrons. The van der Waals surface area contributed by atoms with Crippen molar-refractivity contribution in [3.63, 3.8) is 0 Å². The van der Waals surface area contributed by atoms with Gasteiger partial charge in [-0.1, -0.05) is 0 Å². The Morgan fingerprint density at radius 3 is 2.92 bits per heavy atom. The van der Waals surface area contributed by atoms with E-state index in [1.54, 1.807) is 0 Å². The average Bonchev–Trinajstić information content (AvgIpc) is 2.59. The van der Waals surface area contributed by atoms with Gasteiger partial charge >= 0.3 is 0 Å². The molecule has 1 aromatic heterocycles. The maximum Gasteiger partial charge on any atom is 0.0489 e. The fourth-order valence-electron chi connectivity index (χ4n) is 2.44. The summed E-state index contributed by atoms with van der Waals surface area (Å²) in [5, 5.41) is 7.62. The lowest BCUT2D eigenvalue weighted by Gasteiger charge is -2.03. The molecule has 12 heavy (non-hydrogen) atoms. The second-order valence-electron chi connectivity index (χ2n) is 3.88. The van der Waals surface area contributed by atoms with Crippen LogP contribution in [0.25, 0.3) is 0 Å². The van der Waals surface area contributed by atoms with Crippen LogP contribution in [0.4, 0.5) is 0 Å². The third kappa shape index (κ3) is 0.894. The van der Waals surface area contributed by atoms with E-state index in [0.717, 1.165) is 24.3 Å². The Morgan fingerprint density at radius 2 is 2.25 bits per heavy atom. The maximum absolute atomic E-state index is 4.22. The van der Waals surface area contributed by atoms with Gasteiger partial charge in [-0.2, -0.15) is 5.10 Å². The first-order valence-electron chi connectivity index (χ1n) is 4.63. The average molecular weight is 163 g/mol. The van der Waals surface area contributed by atoms with Crippen LogP contribution in [0.2, 0.25) is 0 Å². The molecule has 0 unspecified atom stereocenters. The van der Waals surface area contributed by atoms with Gasteiger partial charge in [-0.25, -0.2) is 0 Å². The van der Waals surface area contributed by atoms with Gasteiger partial charge in [-0.15, -0.1) is 0 Å². The molecule has 1 N–H and O–H groups in total. The number of nitrogens with one attached hydrogen (secondary N) is 1. The highest BCUT2D eigenvalue weighted by Crippen LogP contribution is 2.49. The number of rotatable bonds is 2. The first kappa shape index (κ1) is 6.66. The molecule has 1 aromatic rings. The van der Waals surface area contributed by atoms with Crippen LogP contribution in [0.15, 0.2) is 18.5 Å². The highest BCUT2D eigenvalue weighted by Gasteiger charge is 2.52. The van der Waals surface area contributed by atoms with E-state index in [1.165, 1.54) is 13.1 Å². The van der Waals surface area contributed by atoms with Gasteiger partial charge in [0.15, 0.2) is 0 Å². The molecule has 2 fully saturated rings. The first-order valence-corrected chi connectivity index (χ1v) is 4.63. The summed E-state index contributed by atoms with van der Waals surface area (Å²) in [6.45, 7) is 3.59. The molecule has 1 saturated carbocycles. The van der Waals surface area contributed by atoms with Crippen LogP contribution in [0.1, 0.15) is 0 Å². The quantitative estimate of drug-likeness (QED) is 0.681. The Labute approximate surface area is 71.8 Å². The smallest absolute Gasteiger partial charge is 0.0489 e. The molecule has 64 valence electrons. The summed E-state index contributed by atoms with van der Waals surface area (Å²) in [7, 11) is 0. The van der Waals surface area contributed by atoms with Crippen LogP contribution >= 0.6 is 0 Å². The van der Waals surface area contributed by atoms with Crippen molar-refractivity contribution in [3.8, 4) is 0 Å². The molecule has 0 aromatic carbocycles. The van der Waals surface area contributed by atoms with Gasteiger partial charge < -0.3 is 5.32 Å². The van der Waals surface area contributed by atoms with E-state index >= 15 is 0 Å². The summed E-state index contributed by atoms with van der Waals surface area (Å²) in [5.41, 5.74) is 0. The Hall–Kier alpha value is -0.830. The van der Waals surface area contributed by atoms with E-state index in [4.69, 9.17) is 0 Å². The number of nitrogens with zero attached hydrogens (tertiary/aromatic N) is 2. The van der Waals surface area contributed by atoms with Crippen LogP contribution < -0.4 is 5.32 Å². The lowest BCUT2D eigenvalue weighted by atomic mass is 10.3. The minimum Gasteiger partial charge on any atom is -0.316 e. The lowest BCUT2D eigenvalue weighted by molar-refractivity contribution is 0.484. The number of hydrogen-bond acceptors (Lipinski definition) is 2. The molecular formula is C9H13N3. The van der Waals surface area contributed by atoms with Gasteiger partial charge in [0.1, 0.15) is 0 Å². The first-order chi connectivity index (χ1) is 5.95. The van der Waals surface area contributed by atoms with Crippen molar-refractivity contribution >= 4 is 0 Å². The zero-order valence-corrected chi connectivity index (χ0v) is 6.98. The fourth-order valence-corrected chi connectivity index (χ4v) is 2.44. The van der Waals surface area contributed by atoms with Gasteiger partial charge in [-0.05, 0) is 36.9 Å². The van der Waals surface area contributed by atoms with Gasteiger partial charge in [0, 0.05) is 18.9 Å². The highest BCUT2D eigenvalue weighted by atomic mass is 15.3. The van der Waals surface area contributed by atoms with E-state index in [9.17, 15) is 0 Å². The van der Waals surface area contributed by atoms with Crippen LogP contribution in [-0.2, 0) is 6.54 Å². The Kier molecular flexibility index (Phi) is 1.29. The van der Waals surface area contributed by atoms with Crippen molar-refractivity contribution in [2.24, 2.45) is 17.8 Å². The maximum atomic E-state index is 4.22. The predicted octanol–water partition coefficient (Wildman–Crippen LogP) is 0.348. The van der Waals surface area contributed by atoms with Crippen LogP contribution in [0, 0.1) is 17.8 Å². The monoisotopic (exact) mass is 163 g/mol. The molecule has 3 rings (SSSR count). The van der Waals surface area contributed by atoms with E-state index in [2.05, 4.69) is 21.3 Å². The number of aromatic nitrogens is 2. The van der Waals surface area contributed by atoms with Crippen molar-refractivity contribution in [2.75, 3.05) is 13.1 Å². The number of fused-ring (bicyclic) bond motifs is 1. The Balaban J connectivity index is 1.65. The summed E-state index contributed by atoms with van der Waals surface area (Å²) >= 11 is 0. The molecule has 1 saturated heterocycles. The van der Waals surface area contributed by atoms with Crippen LogP contribution in [-0.4, -0.2) is 22.9 Å². The molecule has 3 nitrogen and oxygen atoms in total. The molecule has 3 heteroatoms. The van der Waals surface area contributed by atoms with E-state index in [0.29, 0.717) is 0 Å². The summed E-state index contributed by atoms with van der Waals surface area (Å²) in [5.74, 6) is 2.81. The normalized spacial score (nSPS) is 38.2. The Morgan fingerprint density at radius 1 is 1.42 bits per heavy atom. The SMILES string of the molecule is c1cnn(C[C@H]2[C@@H]3CNC[C@@H]32)c1. The predicted molar refractivity (Wildman–Crippen MR) is 45.6 cm³/mol. The topological polar surface area (TPSA) is 29.9 Å². The molecule has 1 aliphatic carbocycles. The van der Waals surface area contributed by atoms with Crippen LogP contribution in [0.5, 0.6) is 0 Å². The third-order valence-electron chi connectivity index (χ3n) is 3.23. The van der Waals surface area contributed by atoms with Gasteiger partial charge in [0.25, 0.3) is 0 Å². The summed E-state index contributed by atoms with van der Waals surface area (Å²) in [6.07, 6.45) is 3.91. The second-order valence-corrected chi connectivity index (χ2v) is 3.88. The summed E-state index contributed by atoms with van der Waals surface area (Å²) in [6, 6.07) is 2.00. The largest absolute Gasteiger partial charge is 0.316 e. The van der Waals surface area contributed by atoms with E-state index in [1.807, 2.05) is 12.3 Å². The van der Waals surface area contributed by atoms with Crippen LogP contribution in [0.3, 0.4) is 0 Å². The molecular weight excluding hydrogens is 150 g/mol. The molecule has 1 aliphatic heterocycles. The molecule has 0 bridgehead atoms. The molecule has 0 amide bonds. The molecule has 2 heterocycles. The van der Waals surface area contributed by atoms with Gasteiger partial charge in [0.2, 0.25) is 0 Å². The van der Waals surface area contributed by atoms with Crippen molar-refractivity contribution in [3.05, 3.63) is 18.5 Å². The van der Waals surface area contributed by atoms with Crippen molar-refractivity contribution in [1.29, 1.82) is 0 Å². The second kappa shape index (κ2) is 2.33. The molecule has 2 aliphatic rings. The van der Waals surface area contributed by atoms with Crippen molar-refractivity contribution < 1.29 is 0 Å². The van der Waals surface area contributed by atoms with E-state index in [-0.39, 0.29) is 0 Å². The fraction of sp³-hybridized carbons (Fsp3) is 0.667. The summed E-state index contributed by atoms with van der Waals surface area (Å²) < 4.78 is 2.06. The molecule has 3 atom stereocenters. The number of hydrogen-bond donors (Lipinski definition) is 1. The summed E-state index contributed by atoms with van der Waals surface area (Å²) in [4.78, 5) is 0. The number of piperidine rings is 1. The van der Waals surface area contributed by atoms with E-state index < -0.39 is 0 Å². The van der Waals surface area contributed by atoms with Crippen molar-refractivity contribution in [1.82, 2.24) is 15.1 Å². The minimum atomic E-state index is 0.908. The van der Waals surface area contributed by atoms with Crippen molar-refractivity contribution in [2.45, 2.75) is 6.54 Å². The molecule has 0 spiro atoms. The lowest BCUT2D eigenvalue weighted by Crippen LogP contribution is -2.17. The highest BCUT2D eigenvalue weighted by molar-refractivity contribution is 5.03.